The zero-order valence-electron chi connectivity index (χ0n) is 14.4. The van der Waals surface area contributed by atoms with Crippen LogP contribution in [0.15, 0.2) is 29.3 Å². The number of guanidine groups is 1. The highest BCUT2D eigenvalue weighted by Gasteiger charge is 2.19. The number of halogens is 1. The van der Waals surface area contributed by atoms with Crippen LogP contribution in [0.2, 0.25) is 0 Å². The van der Waals surface area contributed by atoms with Crippen LogP contribution in [0.3, 0.4) is 0 Å². The van der Waals surface area contributed by atoms with Crippen molar-refractivity contribution in [2.75, 3.05) is 64.8 Å². The summed E-state index contributed by atoms with van der Waals surface area (Å²) in [5.74, 6) is 0.780. The number of benzene rings is 1. The largest absolute Gasteiger partial charge is 0.368 e. The normalized spacial score (nSPS) is 16.1. The highest BCUT2D eigenvalue weighted by molar-refractivity contribution is 5.80. The van der Waals surface area contributed by atoms with Crippen LogP contribution in [-0.2, 0) is 0 Å². The molecule has 1 heterocycles. The third-order valence-electron chi connectivity index (χ3n) is 4.30. The molecular weight excluding hydrogens is 293 g/mol. The average molecular weight is 321 g/mol. The second-order valence-corrected chi connectivity index (χ2v) is 5.82. The Labute approximate surface area is 138 Å². The van der Waals surface area contributed by atoms with Gasteiger partial charge in [-0.1, -0.05) is 6.92 Å². The van der Waals surface area contributed by atoms with Gasteiger partial charge in [0.05, 0.1) is 0 Å². The number of hydrogen-bond donors (Lipinski definition) is 1. The summed E-state index contributed by atoms with van der Waals surface area (Å²) >= 11 is 0. The number of nitrogens with zero attached hydrogens (tertiary/aromatic N) is 4. The molecule has 128 valence electrons. The Bertz CT molecular complexity index is 494. The maximum Gasteiger partial charge on any atom is 0.193 e. The lowest BCUT2D eigenvalue weighted by Gasteiger charge is -2.37. The van der Waals surface area contributed by atoms with E-state index in [0.29, 0.717) is 0 Å². The molecule has 1 saturated heterocycles. The first kappa shape index (κ1) is 17.5. The number of hydrogen-bond acceptors (Lipinski definition) is 3. The van der Waals surface area contributed by atoms with Crippen molar-refractivity contribution in [3.63, 3.8) is 0 Å². The molecule has 23 heavy (non-hydrogen) atoms. The number of piperazine rings is 1. The van der Waals surface area contributed by atoms with Crippen molar-refractivity contribution in [2.24, 2.45) is 4.99 Å². The molecule has 0 spiro atoms. The van der Waals surface area contributed by atoms with Gasteiger partial charge in [-0.15, -0.1) is 0 Å². The zero-order valence-corrected chi connectivity index (χ0v) is 14.4. The van der Waals surface area contributed by atoms with Crippen LogP contribution >= 0.6 is 0 Å². The Kier molecular flexibility index (Phi) is 6.65. The van der Waals surface area contributed by atoms with E-state index in [9.17, 15) is 4.39 Å². The quantitative estimate of drug-likeness (QED) is 0.658. The summed E-state index contributed by atoms with van der Waals surface area (Å²) in [6, 6.07) is 6.73. The van der Waals surface area contributed by atoms with E-state index in [4.69, 9.17) is 0 Å². The fourth-order valence-corrected chi connectivity index (χ4v) is 2.68. The standard InChI is InChI=1S/C17H28FN5/c1-4-21(3)10-9-20-17(19-2)23-13-11-22(12-14-23)16-7-5-15(18)6-8-16/h5-8H,4,9-14H2,1-3H3,(H,19,20). The summed E-state index contributed by atoms with van der Waals surface area (Å²) in [4.78, 5) is 11.2. The third-order valence-corrected chi connectivity index (χ3v) is 4.30. The molecular formula is C17H28FN5. The van der Waals surface area contributed by atoms with E-state index in [2.05, 4.69) is 39.0 Å². The van der Waals surface area contributed by atoms with Gasteiger partial charge in [0, 0.05) is 52.0 Å². The van der Waals surface area contributed by atoms with E-state index >= 15 is 0 Å². The van der Waals surface area contributed by atoms with Crippen LogP contribution in [0.5, 0.6) is 0 Å². The molecule has 2 rings (SSSR count). The lowest BCUT2D eigenvalue weighted by Crippen LogP contribution is -2.53. The summed E-state index contributed by atoms with van der Waals surface area (Å²) in [5, 5.41) is 3.43. The van der Waals surface area contributed by atoms with Gasteiger partial charge in [-0.25, -0.2) is 4.39 Å². The number of aliphatic imine (C=N–C) groups is 1. The van der Waals surface area contributed by atoms with Crippen LogP contribution in [0.25, 0.3) is 0 Å². The molecule has 1 fully saturated rings. The molecule has 0 unspecified atom stereocenters. The molecule has 0 aromatic heterocycles. The topological polar surface area (TPSA) is 34.1 Å². The van der Waals surface area contributed by atoms with Gasteiger partial charge in [-0.2, -0.15) is 0 Å². The summed E-state index contributed by atoms with van der Waals surface area (Å²) in [5.41, 5.74) is 1.08. The van der Waals surface area contributed by atoms with Crippen LogP contribution in [0.1, 0.15) is 6.92 Å². The average Bonchev–Trinajstić information content (AvgIpc) is 2.59. The van der Waals surface area contributed by atoms with Gasteiger partial charge in [0.15, 0.2) is 5.96 Å². The summed E-state index contributed by atoms with van der Waals surface area (Å²) < 4.78 is 13.0. The first-order chi connectivity index (χ1) is 11.1. The molecule has 1 aromatic carbocycles. The molecule has 0 bridgehead atoms. The van der Waals surface area contributed by atoms with Crippen molar-refractivity contribution in [3.8, 4) is 0 Å². The van der Waals surface area contributed by atoms with E-state index < -0.39 is 0 Å². The predicted molar refractivity (Wildman–Crippen MR) is 94.7 cm³/mol. The molecule has 1 aliphatic rings. The molecule has 0 saturated carbocycles. The minimum absolute atomic E-state index is 0.186. The number of nitrogens with one attached hydrogen (secondary N) is 1. The molecule has 0 radical (unpaired) electrons. The molecule has 1 aromatic rings. The highest BCUT2D eigenvalue weighted by atomic mass is 19.1. The lowest BCUT2D eigenvalue weighted by atomic mass is 10.2. The maximum atomic E-state index is 13.0. The SMILES string of the molecule is CCN(C)CCNC(=NC)N1CCN(c2ccc(F)cc2)CC1. The van der Waals surface area contributed by atoms with Crippen molar-refractivity contribution in [2.45, 2.75) is 6.92 Å². The lowest BCUT2D eigenvalue weighted by molar-refractivity contribution is 0.344. The first-order valence-corrected chi connectivity index (χ1v) is 8.28. The third kappa shape index (κ3) is 5.10. The van der Waals surface area contributed by atoms with Gasteiger partial charge in [-0.05, 0) is 37.9 Å². The summed E-state index contributed by atoms with van der Waals surface area (Å²) in [6.07, 6.45) is 0. The Morgan fingerprint density at radius 1 is 1.22 bits per heavy atom. The number of rotatable bonds is 5. The zero-order chi connectivity index (χ0) is 16.7. The summed E-state index contributed by atoms with van der Waals surface area (Å²) in [6.45, 7) is 8.78. The van der Waals surface area contributed by atoms with Crippen LogP contribution in [-0.4, -0.2) is 75.7 Å². The minimum atomic E-state index is -0.186. The van der Waals surface area contributed by atoms with E-state index in [-0.39, 0.29) is 5.82 Å². The van der Waals surface area contributed by atoms with E-state index in [1.54, 1.807) is 0 Å². The Morgan fingerprint density at radius 3 is 2.43 bits per heavy atom. The fourth-order valence-electron chi connectivity index (χ4n) is 2.68. The monoisotopic (exact) mass is 321 g/mol. The molecule has 5 nitrogen and oxygen atoms in total. The van der Waals surface area contributed by atoms with Crippen molar-refractivity contribution in [1.29, 1.82) is 0 Å². The van der Waals surface area contributed by atoms with Crippen molar-refractivity contribution < 1.29 is 4.39 Å². The smallest absolute Gasteiger partial charge is 0.193 e. The van der Waals surface area contributed by atoms with Gasteiger partial charge in [0.2, 0.25) is 0 Å². The second-order valence-electron chi connectivity index (χ2n) is 5.82. The van der Waals surface area contributed by atoms with Crippen LogP contribution in [0, 0.1) is 5.82 Å². The predicted octanol–water partition coefficient (Wildman–Crippen LogP) is 1.47. The van der Waals surface area contributed by atoms with Crippen LogP contribution in [0.4, 0.5) is 10.1 Å². The maximum absolute atomic E-state index is 13.0. The van der Waals surface area contributed by atoms with E-state index in [1.165, 1.54) is 12.1 Å². The molecule has 1 N–H and O–H groups in total. The van der Waals surface area contributed by atoms with Crippen molar-refractivity contribution >= 4 is 11.6 Å². The van der Waals surface area contributed by atoms with Gasteiger partial charge in [0.1, 0.15) is 5.82 Å². The van der Waals surface area contributed by atoms with Gasteiger partial charge in [0.25, 0.3) is 0 Å². The molecule has 0 aliphatic carbocycles. The van der Waals surface area contributed by atoms with E-state index in [1.807, 2.05) is 19.2 Å². The van der Waals surface area contributed by atoms with E-state index in [0.717, 1.165) is 57.5 Å². The van der Waals surface area contributed by atoms with Gasteiger partial charge >= 0.3 is 0 Å². The van der Waals surface area contributed by atoms with Crippen molar-refractivity contribution in [1.82, 2.24) is 15.1 Å². The fraction of sp³-hybridized carbons (Fsp3) is 0.588. The van der Waals surface area contributed by atoms with Gasteiger partial charge < -0.3 is 20.0 Å². The molecule has 0 amide bonds. The number of anilines is 1. The Balaban J connectivity index is 1.81. The first-order valence-electron chi connectivity index (χ1n) is 8.28. The van der Waals surface area contributed by atoms with Crippen molar-refractivity contribution in [3.05, 3.63) is 30.1 Å². The van der Waals surface area contributed by atoms with Gasteiger partial charge in [-0.3, -0.25) is 4.99 Å². The second kappa shape index (κ2) is 8.72. The Hall–Kier alpha value is -1.82. The molecule has 1 aliphatic heterocycles. The van der Waals surface area contributed by atoms with Crippen LogP contribution < -0.4 is 10.2 Å². The summed E-state index contributed by atoms with van der Waals surface area (Å²) in [7, 11) is 3.95. The molecule has 0 atom stereocenters. The minimum Gasteiger partial charge on any atom is -0.368 e. The number of likely N-dealkylation sites (N-methyl/N-ethyl adjacent to an activating group) is 1. The highest BCUT2D eigenvalue weighted by Crippen LogP contribution is 2.16. The molecule has 6 heteroatoms. The Morgan fingerprint density at radius 2 is 1.87 bits per heavy atom.